The van der Waals surface area contributed by atoms with Gasteiger partial charge in [-0.15, -0.1) is 0 Å². The highest BCUT2D eigenvalue weighted by Crippen LogP contribution is 2.15. The molecule has 5 heteroatoms. The Kier molecular flexibility index (Phi) is 4.93. The fraction of sp³-hybridized carbons (Fsp3) is 0.125. The average Bonchev–Trinajstić information content (AvgIpc) is 2.52. The maximum absolute atomic E-state index is 11.7. The quantitative estimate of drug-likeness (QED) is 0.828. The number of phenols is 1. The molecule has 0 aliphatic carbocycles. The van der Waals surface area contributed by atoms with Gasteiger partial charge in [0.25, 0.3) is 0 Å². The zero-order chi connectivity index (χ0) is 15.1. The molecule has 0 radical (unpaired) electrons. The van der Waals surface area contributed by atoms with Crippen molar-refractivity contribution in [1.29, 1.82) is 0 Å². The molecule has 0 saturated carbocycles. The molecule has 2 N–H and O–H groups in total. The highest BCUT2D eigenvalue weighted by molar-refractivity contribution is 5.74. The second-order valence-corrected chi connectivity index (χ2v) is 4.41. The molecule has 0 fully saturated rings. The zero-order valence-electron chi connectivity index (χ0n) is 11.2. The van der Waals surface area contributed by atoms with E-state index in [-0.39, 0.29) is 12.4 Å². The molecule has 2 aromatic carbocycles. The molecular formula is C16H15NO4. The average molecular weight is 285 g/mol. The Hall–Kier alpha value is -2.82. The van der Waals surface area contributed by atoms with E-state index in [2.05, 4.69) is 5.32 Å². The van der Waals surface area contributed by atoms with Crippen molar-refractivity contribution in [3.05, 3.63) is 65.7 Å². The smallest absolute Gasteiger partial charge is 0.408 e. The van der Waals surface area contributed by atoms with E-state index < -0.39 is 12.1 Å². The second kappa shape index (κ2) is 7.09. The third kappa shape index (κ3) is 4.35. The predicted molar refractivity (Wildman–Crippen MR) is 76.7 cm³/mol. The Morgan fingerprint density at radius 1 is 1.14 bits per heavy atom. The lowest BCUT2D eigenvalue weighted by Crippen LogP contribution is -2.29. The van der Waals surface area contributed by atoms with Crippen molar-refractivity contribution in [2.45, 2.75) is 12.6 Å². The summed E-state index contributed by atoms with van der Waals surface area (Å²) in [6, 6.07) is 14.5. The molecule has 5 nitrogen and oxygen atoms in total. The number of aldehydes is 1. The number of alkyl carbamates (subject to hydrolysis) is 1. The Morgan fingerprint density at radius 3 is 2.43 bits per heavy atom. The summed E-state index contributed by atoms with van der Waals surface area (Å²) < 4.78 is 5.05. The topological polar surface area (TPSA) is 75.6 Å². The molecule has 0 aromatic heterocycles. The zero-order valence-corrected chi connectivity index (χ0v) is 11.2. The Bertz CT molecular complexity index is 595. The SMILES string of the molecule is O=C[C@@H](NC(=O)OCc1ccccc1)c1ccc(O)cc1. The maximum Gasteiger partial charge on any atom is 0.408 e. The summed E-state index contributed by atoms with van der Waals surface area (Å²) in [5, 5.41) is 11.7. The predicted octanol–water partition coefficient (Wildman–Crippen LogP) is 2.56. The van der Waals surface area contributed by atoms with Crippen LogP contribution in [0.2, 0.25) is 0 Å². The molecule has 0 saturated heterocycles. The first-order valence-electron chi connectivity index (χ1n) is 6.40. The van der Waals surface area contributed by atoms with Gasteiger partial charge in [0.2, 0.25) is 0 Å². The van der Waals surface area contributed by atoms with Crippen molar-refractivity contribution < 1.29 is 19.4 Å². The van der Waals surface area contributed by atoms with Gasteiger partial charge in [-0.1, -0.05) is 42.5 Å². The number of hydrogen-bond donors (Lipinski definition) is 2. The van der Waals surface area contributed by atoms with Gasteiger partial charge >= 0.3 is 6.09 Å². The number of rotatable bonds is 5. The van der Waals surface area contributed by atoms with Crippen LogP contribution in [0.5, 0.6) is 5.75 Å². The molecule has 2 rings (SSSR count). The minimum Gasteiger partial charge on any atom is -0.508 e. The summed E-state index contributed by atoms with van der Waals surface area (Å²) in [6.45, 7) is 0.133. The molecule has 0 aliphatic heterocycles. The van der Waals surface area contributed by atoms with Gasteiger partial charge in [0.1, 0.15) is 24.7 Å². The van der Waals surface area contributed by atoms with Crippen molar-refractivity contribution in [2.75, 3.05) is 0 Å². The molecule has 1 amide bonds. The van der Waals surface area contributed by atoms with E-state index in [1.807, 2.05) is 30.3 Å². The molecule has 1 atom stereocenters. The number of phenolic OH excluding ortho intramolecular Hbond substituents is 1. The van der Waals surface area contributed by atoms with E-state index in [4.69, 9.17) is 4.74 Å². The summed E-state index contributed by atoms with van der Waals surface area (Å²) in [6.07, 6.45) is -0.0695. The van der Waals surface area contributed by atoms with Crippen molar-refractivity contribution in [3.8, 4) is 5.75 Å². The van der Waals surface area contributed by atoms with Crippen LogP contribution in [0.3, 0.4) is 0 Å². The van der Waals surface area contributed by atoms with E-state index in [0.29, 0.717) is 11.8 Å². The van der Waals surface area contributed by atoms with Crippen LogP contribution in [0.25, 0.3) is 0 Å². The van der Waals surface area contributed by atoms with Crippen LogP contribution in [-0.4, -0.2) is 17.5 Å². The minimum atomic E-state index is -0.811. The number of carbonyl (C=O) groups excluding carboxylic acids is 2. The standard InChI is InChI=1S/C16H15NO4/c18-10-15(13-6-8-14(19)9-7-13)17-16(20)21-11-12-4-2-1-3-5-12/h1-10,15,19H,11H2,(H,17,20)/t15-/m1/s1. The summed E-state index contributed by atoms with van der Waals surface area (Å²) in [7, 11) is 0. The number of nitrogens with one attached hydrogen (secondary N) is 1. The highest BCUT2D eigenvalue weighted by Gasteiger charge is 2.14. The largest absolute Gasteiger partial charge is 0.508 e. The molecule has 0 heterocycles. The Morgan fingerprint density at radius 2 is 1.81 bits per heavy atom. The van der Waals surface area contributed by atoms with Crippen molar-refractivity contribution in [3.63, 3.8) is 0 Å². The fourth-order valence-electron chi connectivity index (χ4n) is 1.77. The van der Waals surface area contributed by atoms with Gasteiger partial charge in [0.15, 0.2) is 0 Å². The number of hydrogen-bond acceptors (Lipinski definition) is 4. The van der Waals surface area contributed by atoms with Crippen LogP contribution in [0.1, 0.15) is 17.2 Å². The van der Waals surface area contributed by atoms with E-state index in [1.54, 1.807) is 12.1 Å². The lowest BCUT2D eigenvalue weighted by Gasteiger charge is -2.13. The molecule has 21 heavy (non-hydrogen) atoms. The highest BCUT2D eigenvalue weighted by atomic mass is 16.5. The normalized spacial score (nSPS) is 11.4. The van der Waals surface area contributed by atoms with Crippen molar-refractivity contribution >= 4 is 12.4 Å². The lowest BCUT2D eigenvalue weighted by molar-refractivity contribution is -0.109. The monoisotopic (exact) mass is 285 g/mol. The van der Waals surface area contributed by atoms with Crippen molar-refractivity contribution in [1.82, 2.24) is 5.32 Å². The number of aromatic hydroxyl groups is 1. The van der Waals surface area contributed by atoms with Crippen LogP contribution >= 0.6 is 0 Å². The van der Waals surface area contributed by atoms with E-state index in [0.717, 1.165) is 5.56 Å². The van der Waals surface area contributed by atoms with Gasteiger partial charge in [-0.3, -0.25) is 0 Å². The van der Waals surface area contributed by atoms with Gasteiger partial charge in [-0.25, -0.2) is 4.79 Å². The summed E-state index contributed by atoms with van der Waals surface area (Å²) in [5.41, 5.74) is 1.43. The molecule has 0 unspecified atom stereocenters. The number of carbonyl (C=O) groups is 2. The van der Waals surface area contributed by atoms with Gasteiger partial charge in [-0.2, -0.15) is 0 Å². The summed E-state index contributed by atoms with van der Waals surface area (Å²) >= 11 is 0. The van der Waals surface area contributed by atoms with E-state index in [9.17, 15) is 14.7 Å². The third-order valence-corrected chi connectivity index (χ3v) is 2.87. The fourth-order valence-corrected chi connectivity index (χ4v) is 1.77. The van der Waals surface area contributed by atoms with Crippen molar-refractivity contribution in [2.24, 2.45) is 0 Å². The maximum atomic E-state index is 11.7. The molecule has 0 spiro atoms. The molecule has 0 bridgehead atoms. The lowest BCUT2D eigenvalue weighted by atomic mass is 10.1. The van der Waals surface area contributed by atoms with Crippen LogP contribution in [0.15, 0.2) is 54.6 Å². The van der Waals surface area contributed by atoms with Gasteiger partial charge in [-0.05, 0) is 23.3 Å². The number of amides is 1. The first-order valence-corrected chi connectivity index (χ1v) is 6.40. The van der Waals surface area contributed by atoms with Crippen LogP contribution in [0.4, 0.5) is 4.79 Å². The number of ether oxygens (including phenoxy) is 1. The first kappa shape index (κ1) is 14.6. The summed E-state index contributed by atoms with van der Waals surface area (Å²) in [5.74, 6) is 0.0926. The molecular weight excluding hydrogens is 270 g/mol. The number of benzene rings is 2. The van der Waals surface area contributed by atoms with Gasteiger partial charge in [0, 0.05) is 0 Å². The van der Waals surface area contributed by atoms with Crippen LogP contribution in [0, 0.1) is 0 Å². The van der Waals surface area contributed by atoms with Gasteiger partial charge < -0.3 is 20.0 Å². The van der Waals surface area contributed by atoms with E-state index >= 15 is 0 Å². The Balaban J connectivity index is 1.91. The summed E-state index contributed by atoms with van der Waals surface area (Å²) in [4.78, 5) is 22.8. The van der Waals surface area contributed by atoms with Crippen LogP contribution < -0.4 is 5.32 Å². The Labute approximate surface area is 122 Å². The minimum absolute atomic E-state index is 0.0926. The first-order chi connectivity index (χ1) is 10.2. The molecule has 0 aliphatic rings. The van der Waals surface area contributed by atoms with E-state index in [1.165, 1.54) is 12.1 Å². The second-order valence-electron chi connectivity index (χ2n) is 4.41. The van der Waals surface area contributed by atoms with Gasteiger partial charge in [0.05, 0.1) is 0 Å². The van der Waals surface area contributed by atoms with Crippen LogP contribution in [-0.2, 0) is 16.1 Å². The molecule has 108 valence electrons. The molecule has 2 aromatic rings. The third-order valence-electron chi connectivity index (χ3n) is 2.87.